The van der Waals surface area contributed by atoms with E-state index in [1.807, 2.05) is 6.92 Å². The van der Waals surface area contributed by atoms with Gasteiger partial charge < -0.3 is 19.7 Å². The molecule has 4 rings (SSSR count). The second-order valence-electron chi connectivity index (χ2n) is 8.64. The van der Waals surface area contributed by atoms with Gasteiger partial charge in [-0.1, -0.05) is 36.7 Å². The molecule has 0 unspecified atom stereocenters. The maximum Gasteiger partial charge on any atom is 0.256 e. The SMILES string of the molecule is CCCOc1ccc(NC(=O)C[C@@H]2C(=O)N(c3ccc(OC)c(Cl)c3)C(=S)N2Cc2ccccc2F)cc1. The standard InChI is InChI=1S/C28H27ClFN3O4S/c1-3-14-37-21-11-8-19(9-12-21)31-26(34)16-24-27(35)33(20-10-13-25(36-2)22(29)15-20)28(38)32(24)17-18-6-4-5-7-23(18)30/h4-13,15,24H,3,14,16-17H2,1-2H3,(H,31,34)/t24-/m1/s1. The van der Waals surface area contributed by atoms with E-state index in [2.05, 4.69) is 5.32 Å². The number of anilines is 2. The molecule has 198 valence electrons. The Hall–Kier alpha value is -3.69. The molecule has 0 aliphatic carbocycles. The van der Waals surface area contributed by atoms with Crippen molar-refractivity contribution in [2.75, 3.05) is 23.9 Å². The van der Waals surface area contributed by atoms with Crippen LogP contribution in [0.2, 0.25) is 5.02 Å². The third-order valence-corrected chi connectivity index (χ3v) is 6.71. The van der Waals surface area contributed by atoms with Gasteiger partial charge in [-0.05, 0) is 67.2 Å². The third-order valence-electron chi connectivity index (χ3n) is 6.00. The monoisotopic (exact) mass is 555 g/mol. The first-order chi connectivity index (χ1) is 18.3. The van der Waals surface area contributed by atoms with Crippen molar-refractivity contribution in [3.63, 3.8) is 0 Å². The molecule has 2 amide bonds. The van der Waals surface area contributed by atoms with Crippen LogP contribution in [-0.2, 0) is 16.1 Å². The Labute approximate surface area is 231 Å². The van der Waals surface area contributed by atoms with Gasteiger partial charge in [0.25, 0.3) is 5.91 Å². The van der Waals surface area contributed by atoms with Gasteiger partial charge in [0, 0.05) is 17.8 Å². The van der Waals surface area contributed by atoms with Gasteiger partial charge in [0.1, 0.15) is 23.4 Å². The van der Waals surface area contributed by atoms with E-state index in [1.165, 1.54) is 18.1 Å². The summed E-state index contributed by atoms with van der Waals surface area (Å²) in [5.74, 6) is -0.0842. The number of hydrogen-bond acceptors (Lipinski definition) is 5. The minimum absolute atomic E-state index is 0.0129. The van der Waals surface area contributed by atoms with E-state index in [4.69, 9.17) is 33.3 Å². The molecule has 3 aromatic carbocycles. The highest BCUT2D eigenvalue weighted by molar-refractivity contribution is 7.80. The lowest BCUT2D eigenvalue weighted by Crippen LogP contribution is -2.37. The summed E-state index contributed by atoms with van der Waals surface area (Å²) in [6.07, 6.45) is 0.695. The zero-order valence-electron chi connectivity index (χ0n) is 20.9. The number of thiocarbonyl (C=S) groups is 1. The van der Waals surface area contributed by atoms with Crippen LogP contribution in [0, 0.1) is 5.82 Å². The van der Waals surface area contributed by atoms with Gasteiger partial charge in [-0.25, -0.2) is 4.39 Å². The highest BCUT2D eigenvalue weighted by Gasteiger charge is 2.44. The average Bonchev–Trinajstić information content (AvgIpc) is 3.13. The van der Waals surface area contributed by atoms with Gasteiger partial charge in [0.05, 0.1) is 30.8 Å². The number of methoxy groups -OCH3 is 1. The van der Waals surface area contributed by atoms with E-state index in [1.54, 1.807) is 65.6 Å². The number of benzene rings is 3. The van der Waals surface area contributed by atoms with Crippen molar-refractivity contribution in [2.24, 2.45) is 0 Å². The predicted octanol–water partition coefficient (Wildman–Crippen LogP) is 5.81. The number of carbonyl (C=O) groups excluding carboxylic acids is 2. The lowest BCUT2D eigenvalue weighted by Gasteiger charge is -2.24. The van der Waals surface area contributed by atoms with Crippen LogP contribution < -0.4 is 19.7 Å². The van der Waals surface area contributed by atoms with Crippen molar-refractivity contribution in [2.45, 2.75) is 32.4 Å². The molecule has 7 nitrogen and oxygen atoms in total. The molecule has 0 bridgehead atoms. The number of nitrogens with one attached hydrogen (secondary N) is 1. The minimum Gasteiger partial charge on any atom is -0.495 e. The van der Waals surface area contributed by atoms with Crippen molar-refractivity contribution in [3.05, 3.63) is 83.1 Å². The van der Waals surface area contributed by atoms with E-state index in [9.17, 15) is 14.0 Å². The van der Waals surface area contributed by atoms with Crippen LogP contribution in [0.5, 0.6) is 11.5 Å². The minimum atomic E-state index is -0.949. The van der Waals surface area contributed by atoms with Crippen molar-refractivity contribution < 1.29 is 23.5 Å². The lowest BCUT2D eigenvalue weighted by atomic mass is 10.1. The van der Waals surface area contributed by atoms with Crippen LogP contribution in [0.1, 0.15) is 25.3 Å². The summed E-state index contributed by atoms with van der Waals surface area (Å²) in [4.78, 5) is 29.5. The largest absolute Gasteiger partial charge is 0.495 e. The summed E-state index contributed by atoms with van der Waals surface area (Å²) < 4.78 is 25.3. The molecule has 3 aromatic rings. The van der Waals surface area contributed by atoms with Gasteiger partial charge in [-0.2, -0.15) is 0 Å². The summed E-state index contributed by atoms with van der Waals surface area (Å²) in [6, 6.07) is 17.1. The van der Waals surface area contributed by atoms with Crippen LogP contribution in [0.15, 0.2) is 66.7 Å². The zero-order valence-corrected chi connectivity index (χ0v) is 22.5. The van der Waals surface area contributed by atoms with Crippen molar-refractivity contribution in [1.82, 2.24) is 4.90 Å². The second kappa shape index (κ2) is 12.2. The Kier molecular flexibility index (Phi) is 8.81. The first-order valence-electron chi connectivity index (χ1n) is 12.1. The smallest absolute Gasteiger partial charge is 0.256 e. The molecule has 0 spiro atoms. The van der Waals surface area contributed by atoms with Gasteiger partial charge in [0.2, 0.25) is 5.91 Å². The molecule has 0 saturated carbocycles. The zero-order chi connectivity index (χ0) is 27.2. The van der Waals surface area contributed by atoms with Crippen LogP contribution in [-0.4, -0.2) is 41.6 Å². The lowest BCUT2D eigenvalue weighted by molar-refractivity contribution is -0.124. The van der Waals surface area contributed by atoms with Crippen LogP contribution >= 0.6 is 23.8 Å². The maximum absolute atomic E-state index is 14.5. The van der Waals surface area contributed by atoms with Crippen LogP contribution in [0.25, 0.3) is 0 Å². The second-order valence-corrected chi connectivity index (χ2v) is 9.41. The number of carbonyl (C=O) groups is 2. The van der Waals surface area contributed by atoms with E-state index in [-0.39, 0.29) is 24.0 Å². The van der Waals surface area contributed by atoms with E-state index >= 15 is 0 Å². The number of hydrogen-bond donors (Lipinski definition) is 1. The van der Waals surface area contributed by atoms with E-state index < -0.39 is 17.8 Å². The molecule has 0 aromatic heterocycles. The number of rotatable bonds is 10. The first kappa shape index (κ1) is 27.3. The molecule has 38 heavy (non-hydrogen) atoms. The molecule has 1 aliphatic rings. The summed E-state index contributed by atoms with van der Waals surface area (Å²) in [5.41, 5.74) is 1.34. The third kappa shape index (κ3) is 6.06. The molecule has 1 aliphatic heterocycles. The highest BCUT2D eigenvalue weighted by Crippen LogP contribution is 2.34. The Morgan fingerprint density at radius 3 is 2.53 bits per heavy atom. The number of ether oxygens (including phenoxy) is 2. The average molecular weight is 556 g/mol. The topological polar surface area (TPSA) is 71.1 Å². The quantitative estimate of drug-likeness (QED) is 0.318. The molecule has 1 fully saturated rings. The molecule has 0 radical (unpaired) electrons. The molecular formula is C28H27ClFN3O4S. The highest BCUT2D eigenvalue weighted by atomic mass is 35.5. The van der Waals surface area contributed by atoms with Crippen molar-refractivity contribution in [1.29, 1.82) is 0 Å². The molecule has 1 N–H and O–H groups in total. The number of nitrogens with zero attached hydrogens (tertiary/aromatic N) is 2. The molecule has 10 heteroatoms. The molecule has 1 heterocycles. The summed E-state index contributed by atoms with van der Waals surface area (Å²) in [7, 11) is 1.49. The Morgan fingerprint density at radius 1 is 1.13 bits per heavy atom. The Balaban J connectivity index is 1.57. The fourth-order valence-corrected chi connectivity index (χ4v) is 4.74. The van der Waals surface area contributed by atoms with Crippen LogP contribution in [0.4, 0.5) is 15.8 Å². The Morgan fingerprint density at radius 2 is 1.87 bits per heavy atom. The van der Waals surface area contributed by atoms with Crippen LogP contribution in [0.3, 0.4) is 0 Å². The summed E-state index contributed by atoms with van der Waals surface area (Å²) >= 11 is 12.0. The van der Waals surface area contributed by atoms with E-state index in [0.717, 1.165) is 6.42 Å². The summed E-state index contributed by atoms with van der Waals surface area (Å²) in [5, 5.41) is 3.26. The molecular weight excluding hydrogens is 529 g/mol. The van der Waals surface area contributed by atoms with Gasteiger partial charge in [-0.15, -0.1) is 0 Å². The number of amides is 2. The van der Waals surface area contributed by atoms with Gasteiger partial charge in [-0.3, -0.25) is 14.5 Å². The fraction of sp³-hybridized carbons (Fsp3) is 0.250. The fourth-order valence-electron chi connectivity index (χ4n) is 4.10. The molecule has 1 atom stereocenters. The van der Waals surface area contributed by atoms with E-state index in [0.29, 0.717) is 40.1 Å². The Bertz CT molecular complexity index is 1340. The van der Waals surface area contributed by atoms with Crippen molar-refractivity contribution >= 4 is 52.1 Å². The van der Waals surface area contributed by atoms with Gasteiger partial charge in [0.15, 0.2) is 5.11 Å². The normalized spacial score (nSPS) is 15.1. The first-order valence-corrected chi connectivity index (χ1v) is 12.8. The maximum atomic E-state index is 14.5. The summed E-state index contributed by atoms with van der Waals surface area (Å²) in [6.45, 7) is 2.63. The van der Waals surface area contributed by atoms with Gasteiger partial charge >= 0.3 is 0 Å². The van der Waals surface area contributed by atoms with Crippen molar-refractivity contribution in [3.8, 4) is 11.5 Å². The molecule has 1 saturated heterocycles. The predicted molar refractivity (Wildman–Crippen MR) is 149 cm³/mol. The number of halogens is 2.